The summed E-state index contributed by atoms with van der Waals surface area (Å²) in [4.78, 5) is 21.1. The molecule has 1 aliphatic heterocycles. The molecule has 2 heterocycles. The Bertz CT molecular complexity index is 425. The molecule has 1 saturated heterocycles. The molecule has 1 amide bonds. The highest BCUT2D eigenvalue weighted by Gasteiger charge is 2.35. The summed E-state index contributed by atoms with van der Waals surface area (Å²) in [5.74, 6) is 0.979. The lowest BCUT2D eigenvalue weighted by Gasteiger charge is -2.21. The minimum absolute atomic E-state index is 0.0217. The first-order valence-electron chi connectivity index (χ1n) is 5.52. The Hall–Kier alpha value is -1.36. The standard InChI is InChI=1S/C11H14ClN3O2/c1-7(2)5-8-6-17-11(16)15(8)9-3-4-13-10(12)14-9/h3-4,7-8H,5-6H2,1-2H3. The smallest absolute Gasteiger partial charge is 0.415 e. The summed E-state index contributed by atoms with van der Waals surface area (Å²) in [7, 11) is 0. The third-order valence-corrected chi connectivity index (χ3v) is 2.74. The quantitative estimate of drug-likeness (QED) is 0.779. The molecule has 92 valence electrons. The number of cyclic esters (lactones) is 1. The Morgan fingerprint density at radius 2 is 2.41 bits per heavy atom. The average molecular weight is 256 g/mol. The van der Waals surface area contributed by atoms with E-state index in [9.17, 15) is 4.79 Å². The van der Waals surface area contributed by atoms with E-state index in [1.165, 1.54) is 6.20 Å². The summed E-state index contributed by atoms with van der Waals surface area (Å²) in [5.41, 5.74) is 0. The molecule has 0 saturated carbocycles. The molecule has 1 aromatic rings. The molecule has 1 aliphatic rings. The van der Waals surface area contributed by atoms with Crippen LogP contribution in [0.1, 0.15) is 20.3 Å². The topological polar surface area (TPSA) is 55.3 Å². The Balaban J connectivity index is 2.24. The molecule has 0 aliphatic carbocycles. The second-order valence-electron chi connectivity index (χ2n) is 4.41. The summed E-state index contributed by atoms with van der Waals surface area (Å²) >= 11 is 5.72. The first kappa shape index (κ1) is 12.1. The van der Waals surface area contributed by atoms with Crippen molar-refractivity contribution in [2.24, 2.45) is 5.92 Å². The molecule has 2 rings (SSSR count). The van der Waals surface area contributed by atoms with E-state index in [0.717, 1.165) is 6.42 Å². The van der Waals surface area contributed by atoms with Gasteiger partial charge in [-0.05, 0) is 30.0 Å². The molecule has 0 aromatic carbocycles. The predicted molar refractivity (Wildman–Crippen MR) is 64.1 cm³/mol. The Kier molecular flexibility index (Phi) is 3.47. The summed E-state index contributed by atoms with van der Waals surface area (Å²) < 4.78 is 5.06. The van der Waals surface area contributed by atoms with Crippen LogP contribution in [-0.2, 0) is 4.74 Å². The van der Waals surface area contributed by atoms with E-state index in [1.807, 2.05) is 0 Å². The molecule has 0 radical (unpaired) electrons. The largest absolute Gasteiger partial charge is 0.447 e. The molecule has 17 heavy (non-hydrogen) atoms. The fourth-order valence-corrected chi connectivity index (χ4v) is 2.06. The molecule has 0 N–H and O–H groups in total. The Labute approximate surface area is 105 Å². The molecule has 5 nitrogen and oxygen atoms in total. The molecule has 1 atom stereocenters. The number of hydrogen-bond acceptors (Lipinski definition) is 4. The van der Waals surface area contributed by atoms with Gasteiger partial charge in [-0.1, -0.05) is 13.8 Å². The highest BCUT2D eigenvalue weighted by molar-refractivity contribution is 6.28. The van der Waals surface area contributed by atoms with Crippen molar-refractivity contribution in [1.29, 1.82) is 0 Å². The van der Waals surface area contributed by atoms with Gasteiger partial charge in [-0.2, -0.15) is 0 Å². The van der Waals surface area contributed by atoms with Gasteiger partial charge in [0.1, 0.15) is 12.4 Å². The number of rotatable bonds is 3. The highest BCUT2D eigenvalue weighted by atomic mass is 35.5. The fraction of sp³-hybridized carbons (Fsp3) is 0.545. The molecule has 1 aromatic heterocycles. The van der Waals surface area contributed by atoms with E-state index < -0.39 is 0 Å². The van der Waals surface area contributed by atoms with Crippen LogP contribution in [0.5, 0.6) is 0 Å². The fourth-order valence-electron chi connectivity index (χ4n) is 1.92. The molecule has 0 bridgehead atoms. The normalized spacial score (nSPS) is 19.9. The number of carbonyl (C=O) groups is 1. The predicted octanol–water partition coefficient (Wildman–Crippen LogP) is 2.50. The van der Waals surface area contributed by atoms with Crippen molar-refractivity contribution in [2.45, 2.75) is 26.3 Å². The maximum atomic E-state index is 11.7. The van der Waals surface area contributed by atoms with E-state index in [1.54, 1.807) is 11.0 Å². The van der Waals surface area contributed by atoms with Crippen LogP contribution in [-0.4, -0.2) is 28.7 Å². The number of nitrogens with zero attached hydrogens (tertiary/aromatic N) is 3. The maximum Gasteiger partial charge on any atom is 0.415 e. The van der Waals surface area contributed by atoms with Crippen LogP contribution >= 0.6 is 11.6 Å². The number of halogens is 1. The van der Waals surface area contributed by atoms with E-state index in [0.29, 0.717) is 18.3 Å². The number of anilines is 1. The first-order valence-corrected chi connectivity index (χ1v) is 5.90. The second kappa shape index (κ2) is 4.87. The minimum atomic E-state index is -0.370. The third kappa shape index (κ3) is 2.66. The number of carbonyl (C=O) groups excluding carboxylic acids is 1. The van der Waals surface area contributed by atoms with Gasteiger partial charge >= 0.3 is 6.09 Å². The van der Waals surface area contributed by atoms with Crippen molar-refractivity contribution in [2.75, 3.05) is 11.5 Å². The maximum absolute atomic E-state index is 11.7. The third-order valence-electron chi connectivity index (χ3n) is 2.56. The summed E-state index contributed by atoms with van der Waals surface area (Å²) in [5, 5.41) is 0.130. The average Bonchev–Trinajstić information content (AvgIpc) is 2.59. The molecule has 1 unspecified atom stereocenters. The zero-order valence-corrected chi connectivity index (χ0v) is 10.5. The van der Waals surface area contributed by atoms with Crippen LogP contribution in [0.25, 0.3) is 0 Å². The molecule has 0 spiro atoms. The van der Waals surface area contributed by atoms with Crippen molar-refractivity contribution >= 4 is 23.5 Å². The van der Waals surface area contributed by atoms with Crippen molar-refractivity contribution in [3.8, 4) is 0 Å². The summed E-state index contributed by atoms with van der Waals surface area (Å²) in [6, 6.07) is 1.68. The van der Waals surface area contributed by atoms with Crippen molar-refractivity contribution in [3.63, 3.8) is 0 Å². The zero-order valence-electron chi connectivity index (χ0n) is 9.76. The van der Waals surface area contributed by atoms with Gasteiger partial charge in [0, 0.05) is 6.20 Å². The number of aromatic nitrogens is 2. The van der Waals surface area contributed by atoms with Gasteiger partial charge in [0.15, 0.2) is 0 Å². The Morgan fingerprint density at radius 3 is 3.06 bits per heavy atom. The van der Waals surface area contributed by atoms with Crippen molar-refractivity contribution < 1.29 is 9.53 Å². The van der Waals surface area contributed by atoms with E-state index in [2.05, 4.69) is 23.8 Å². The lowest BCUT2D eigenvalue weighted by molar-refractivity contribution is 0.178. The van der Waals surface area contributed by atoms with E-state index >= 15 is 0 Å². The van der Waals surface area contributed by atoms with Gasteiger partial charge in [-0.15, -0.1) is 0 Å². The monoisotopic (exact) mass is 255 g/mol. The molecule has 6 heteroatoms. The van der Waals surface area contributed by atoms with Crippen LogP contribution in [0.15, 0.2) is 12.3 Å². The SMILES string of the molecule is CC(C)CC1COC(=O)N1c1ccnc(Cl)n1. The lowest BCUT2D eigenvalue weighted by Crippen LogP contribution is -2.35. The van der Waals surface area contributed by atoms with Gasteiger partial charge in [-0.25, -0.2) is 14.8 Å². The minimum Gasteiger partial charge on any atom is -0.447 e. The van der Waals surface area contributed by atoms with Crippen LogP contribution in [0, 0.1) is 5.92 Å². The van der Waals surface area contributed by atoms with E-state index in [-0.39, 0.29) is 17.4 Å². The van der Waals surface area contributed by atoms with Crippen LogP contribution in [0.4, 0.5) is 10.6 Å². The first-order chi connectivity index (χ1) is 8.08. The summed E-state index contributed by atoms with van der Waals surface area (Å²) in [6.07, 6.45) is 2.03. The van der Waals surface area contributed by atoms with Crippen LogP contribution in [0.3, 0.4) is 0 Å². The Morgan fingerprint density at radius 1 is 1.65 bits per heavy atom. The highest BCUT2D eigenvalue weighted by Crippen LogP contribution is 2.25. The van der Waals surface area contributed by atoms with Gasteiger partial charge in [0.05, 0.1) is 6.04 Å². The molecular formula is C11H14ClN3O2. The second-order valence-corrected chi connectivity index (χ2v) is 4.75. The van der Waals surface area contributed by atoms with Crippen LogP contribution in [0.2, 0.25) is 5.28 Å². The molecular weight excluding hydrogens is 242 g/mol. The van der Waals surface area contributed by atoms with Gasteiger partial charge in [0.25, 0.3) is 0 Å². The number of hydrogen-bond donors (Lipinski definition) is 0. The number of amides is 1. The number of ether oxygens (including phenoxy) is 1. The van der Waals surface area contributed by atoms with Gasteiger partial charge in [-0.3, -0.25) is 4.90 Å². The van der Waals surface area contributed by atoms with Crippen LogP contribution < -0.4 is 4.90 Å². The van der Waals surface area contributed by atoms with Crippen molar-refractivity contribution in [3.05, 3.63) is 17.5 Å². The lowest BCUT2D eigenvalue weighted by atomic mass is 10.0. The van der Waals surface area contributed by atoms with Crippen molar-refractivity contribution in [1.82, 2.24) is 9.97 Å². The van der Waals surface area contributed by atoms with Gasteiger partial charge < -0.3 is 4.74 Å². The zero-order chi connectivity index (χ0) is 12.4. The van der Waals surface area contributed by atoms with E-state index in [4.69, 9.17) is 16.3 Å². The van der Waals surface area contributed by atoms with Gasteiger partial charge in [0.2, 0.25) is 5.28 Å². The summed E-state index contributed by atoms with van der Waals surface area (Å²) in [6.45, 7) is 4.61. The molecule has 1 fully saturated rings.